The van der Waals surface area contributed by atoms with Gasteiger partial charge >= 0.3 is 0 Å². The van der Waals surface area contributed by atoms with Crippen LogP contribution in [0.3, 0.4) is 0 Å². The highest BCUT2D eigenvalue weighted by Crippen LogP contribution is 2.39. The summed E-state index contributed by atoms with van der Waals surface area (Å²) in [6.07, 6.45) is 8.45. The molecule has 1 aliphatic rings. The molecule has 1 fully saturated rings. The van der Waals surface area contributed by atoms with E-state index in [4.69, 9.17) is 10.5 Å². The second-order valence-electron chi connectivity index (χ2n) is 10.1. The van der Waals surface area contributed by atoms with E-state index in [1.54, 1.807) is 6.33 Å². The smallest absolute Gasteiger partial charge is 0.146 e. The molecule has 4 aromatic rings. The lowest BCUT2D eigenvalue weighted by Crippen LogP contribution is -2.39. The normalized spacial score (nSPS) is 18.2. The van der Waals surface area contributed by atoms with E-state index in [1.807, 2.05) is 42.5 Å². The summed E-state index contributed by atoms with van der Waals surface area (Å²) in [4.78, 5) is 13.8. The van der Waals surface area contributed by atoms with Crippen LogP contribution < -0.4 is 10.5 Å². The highest BCUT2D eigenvalue weighted by atomic mass is 16.5. The maximum absolute atomic E-state index is 6.39. The van der Waals surface area contributed by atoms with Crippen molar-refractivity contribution in [2.24, 2.45) is 0 Å². The van der Waals surface area contributed by atoms with Gasteiger partial charge in [-0.15, -0.1) is 0 Å². The molecule has 0 unspecified atom stereocenters. The maximum atomic E-state index is 6.39. The monoisotopic (exact) mass is 484 g/mol. The number of benzene rings is 2. The van der Waals surface area contributed by atoms with Crippen LogP contribution in [0.5, 0.6) is 11.5 Å². The Kier molecular flexibility index (Phi) is 7.20. The molecule has 2 N–H and O–H groups in total. The largest absolute Gasteiger partial charge is 0.457 e. The van der Waals surface area contributed by atoms with E-state index in [0.717, 1.165) is 59.6 Å². The van der Waals surface area contributed by atoms with E-state index >= 15 is 0 Å². The third-order valence-electron chi connectivity index (χ3n) is 7.37. The molecule has 0 saturated heterocycles. The molecule has 7 nitrogen and oxygen atoms in total. The Morgan fingerprint density at radius 3 is 2.28 bits per heavy atom. The van der Waals surface area contributed by atoms with E-state index in [2.05, 4.69) is 63.8 Å². The van der Waals surface area contributed by atoms with Crippen molar-refractivity contribution < 1.29 is 4.74 Å². The Hall–Kier alpha value is -3.42. The number of rotatable bonds is 8. The van der Waals surface area contributed by atoms with Crippen molar-refractivity contribution in [2.75, 3.05) is 40.0 Å². The van der Waals surface area contributed by atoms with Crippen LogP contribution in [0, 0.1) is 0 Å². The Morgan fingerprint density at radius 2 is 1.58 bits per heavy atom. The molecule has 2 aromatic carbocycles. The molecule has 36 heavy (non-hydrogen) atoms. The van der Waals surface area contributed by atoms with E-state index in [1.165, 1.54) is 12.8 Å². The first-order valence-electron chi connectivity index (χ1n) is 12.8. The lowest BCUT2D eigenvalue weighted by molar-refractivity contribution is 0.157. The van der Waals surface area contributed by atoms with Crippen molar-refractivity contribution in [3.8, 4) is 22.6 Å². The van der Waals surface area contributed by atoms with Gasteiger partial charge in [-0.05, 0) is 76.7 Å². The number of hydrogen-bond acceptors (Lipinski definition) is 6. The first kappa shape index (κ1) is 24.3. The molecule has 0 bridgehead atoms. The molecular weight excluding hydrogens is 448 g/mol. The van der Waals surface area contributed by atoms with Crippen LogP contribution in [0.1, 0.15) is 31.7 Å². The van der Waals surface area contributed by atoms with Gasteiger partial charge in [-0.25, -0.2) is 9.97 Å². The molecule has 0 atom stereocenters. The fourth-order valence-electron chi connectivity index (χ4n) is 5.25. The minimum absolute atomic E-state index is 0.412. The Morgan fingerprint density at radius 1 is 0.889 bits per heavy atom. The van der Waals surface area contributed by atoms with Gasteiger partial charge < -0.3 is 24.8 Å². The molecule has 188 valence electrons. The second kappa shape index (κ2) is 10.7. The van der Waals surface area contributed by atoms with Crippen molar-refractivity contribution >= 4 is 16.9 Å². The van der Waals surface area contributed by atoms with E-state index in [-0.39, 0.29) is 0 Å². The number of nitrogens with two attached hydrogens (primary N) is 1. The summed E-state index contributed by atoms with van der Waals surface area (Å²) in [5, 5.41) is 0.930. The third kappa shape index (κ3) is 5.22. The third-order valence-corrected chi connectivity index (χ3v) is 7.37. The standard InChI is InChI=1S/C29H36N6O/c1-33(2)17-18-34(3)22-11-13-23(14-12-22)35-19-26(27-28(30)31-20-32-29(27)35)21-9-15-25(16-10-21)36-24-7-5-4-6-8-24/h4-10,15-16,19-20,22-23H,11-14,17-18H2,1-3H3,(H2,30,31,32)/t22-,23-. The van der Waals surface area contributed by atoms with Crippen molar-refractivity contribution in [3.63, 3.8) is 0 Å². The van der Waals surface area contributed by atoms with Gasteiger partial charge in [-0.2, -0.15) is 0 Å². The molecule has 1 saturated carbocycles. The number of nitrogens with zero attached hydrogens (tertiary/aromatic N) is 5. The van der Waals surface area contributed by atoms with E-state index in [0.29, 0.717) is 17.9 Å². The Balaban J connectivity index is 1.37. The van der Waals surface area contributed by atoms with Crippen LogP contribution in [0.2, 0.25) is 0 Å². The van der Waals surface area contributed by atoms with Crippen molar-refractivity contribution in [1.82, 2.24) is 24.3 Å². The SMILES string of the molecule is CN(C)CCN(C)[C@H]1CC[C@H](n2cc(-c3ccc(Oc4ccccc4)cc3)c3c(N)ncnc32)CC1. The zero-order valence-electron chi connectivity index (χ0n) is 21.5. The number of para-hydroxylation sites is 1. The summed E-state index contributed by atoms with van der Waals surface area (Å²) in [6.45, 7) is 2.19. The summed E-state index contributed by atoms with van der Waals surface area (Å²) >= 11 is 0. The fourth-order valence-corrected chi connectivity index (χ4v) is 5.25. The molecular formula is C29H36N6O. The quantitative estimate of drug-likeness (QED) is 0.359. The first-order valence-corrected chi connectivity index (χ1v) is 12.8. The number of nitrogen functional groups attached to an aromatic ring is 1. The van der Waals surface area contributed by atoms with Gasteiger partial charge in [0, 0.05) is 36.9 Å². The number of likely N-dealkylation sites (N-methyl/N-ethyl adjacent to an activating group) is 2. The maximum Gasteiger partial charge on any atom is 0.146 e. The topological polar surface area (TPSA) is 72.4 Å². The van der Waals surface area contributed by atoms with Crippen LogP contribution >= 0.6 is 0 Å². The minimum atomic E-state index is 0.412. The van der Waals surface area contributed by atoms with E-state index < -0.39 is 0 Å². The molecule has 2 aromatic heterocycles. The van der Waals surface area contributed by atoms with Crippen LogP contribution in [0.25, 0.3) is 22.2 Å². The van der Waals surface area contributed by atoms with Gasteiger partial charge in [-0.1, -0.05) is 30.3 Å². The zero-order valence-corrected chi connectivity index (χ0v) is 21.5. The lowest BCUT2D eigenvalue weighted by atomic mass is 9.90. The molecule has 0 radical (unpaired) electrons. The predicted octanol–water partition coefficient (Wildman–Crippen LogP) is 5.45. The van der Waals surface area contributed by atoms with Gasteiger partial charge in [0.25, 0.3) is 0 Å². The predicted molar refractivity (Wildman–Crippen MR) is 146 cm³/mol. The Bertz CT molecular complexity index is 1280. The Labute approximate surface area is 213 Å². The van der Waals surface area contributed by atoms with Gasteiger partial charge in [0.1, 0.15) is 29.3 Å². The highest BCUT2D eigenvalue weighted by molar-refractivity contribution is 6.00. The summed E-state index contributed by atoms with van der Waals surface area (Å²) in [5.74, 6) is 2.15. The van der Waals surface area contributed by atoms with Crippen LogP contribution in [-0.4, -0.2) is 64.6 Å². The number of hydrogen-bond donors (Lipinski definition) is 1. The summed E-state index contributed by atoms with van der Waals surface area (Å²) in [6, 6.07) is 19.0. The molecule has 0 spiro atoms. The number of aromatic nitrogens is 3. The van der Waals surface area contributed by atoms with Crippen LogP contribution in [0.4, 0.5) is 5.82 Å². The molecule has 0 amide bonds. The van der Waals surface area contributed by atoms with Crippen LogP contribution in [-0.2, 0) is 0 Å². The lowest BCUT2D eigenvalue weighted by Gasteiger charge is -2.35. The average Bonchev–Trinajstić information content (AvgIpc) is 3.29. The number of ether oxygens (including phenoxy) is 1. The summed E-state index contributed by atoms with van der Waals surface area (Å²) < 4.78 is 8.32. The molecule has 7 heteroatoms. The minimum Gasteiger partial charge on any atom is -0.457 e. The van der Waals surface area contributed by atoms with Gasteiger partial charge in [0.05, 0.1) is 5.39 Å². The van der Waals surface area contributed by atoms with E-state index in [9.17, 15) is 0 Å². The van der Waals surface area contributed by atoms with Crippen molar-refractivity contribution in [1.29, 1.82) is 0 Å². The highest BCUT2D eigenvalue weighted by Gasteiger charge is 2.27. The first-order chi connectivity index (χ1) is 17.5. The van der Waals surface area contributed by atoms with Crippen LogP contribution in [0.15, 0.2) is 67.1 Å². The molecule has 5 rings (SSSR count). The van der Waals surface area contributed by atoms with Crippen molar-refractivity contribution in [2.45, 2.75) is 37.8 Å². The summed E-state index contributed by atoms with van der Waals surface area (Å²) in [5.41, 5.74) is 9.46. The molecule has 0 aliphatic heterocycles. The second-order valence-corrected chi connectivity index (χ2v) is 10.1. The fraction of sp³-hybridized carbons (Fsp3) is 0.379. The molecule has 1 aliphatic carbocycles. The van der Waals surface area contributed by atoms with Crippen molar-refractivity contribution in [3.05, 3.63) is 67.1 Å². The number of anilines is 1. The molecule has 2 heterocycles. The average molecular weight is 485 g/mol. The summed E-state index contributed by atoms with van der Waals surface area (Å²) in [7, 11) is 6.53. The van der Waals surface area contributed by atoms with Gasteiger partial charge in [0.15, 0.2) is 0 Å². The van der Waals surface area contributed by atoms with Gasteiger partial charge in [0.2, 0.25) is 0 Å². The number of fused-ring (bicyclic) bond motifs is 1. The van der Waals surface area contributed by atoms with Gasteiger partial charge in [-0.3, -0.25) is 0 Å². The zero-order chi connectivity index (χ0) is 25.1.